The number of carboxylic acid groups (broad SMARTS) is 1. The van der Waals surface area contributed by atoms with Crippen molar-refractivity contribution in [3.05, 3.63) is 0 Å². The molecule has 104 valence electrons. The fourth-order valence-corrected chi connectivity index (χ4v) is 2.54. The quantitative estimate of drug-likeness (QED) is 0.768. The van der Waals surface area contributed by atoms with Gasteiger partial charge in [0, 0.05) is 12.0 Å². The number of carbonyl (C=O) groups is 2. The van der Waals surface area contributed by atoms with Crippen molar-refractivity contribution in [2.75, 3.05) is 26.2 Å². The first-order valence-electron chi connectivity index (χ1n) is 6.61. The predicted molar refractivity (Wildman–Crippen MR) is 69.3 cm³/mol. The smallest absolute Gasteiger partial charge is 0.323 e. The molecule has 0 aromatic carbocycles. The summed E-state index contributed by atoms with van der Waals surface area (Å²) in [5.41, 5.74) is -0.501. The van der Waals surface area contributed by atoms with Crippen molar-refractivity contribution in [2.45, 2.75) is 33.6 Å². The molecule has 0 aromatic heterocycles. The third-order valence-corrected chi connectivity index (χ3v) is 3.86. The predicted octanol–water partition coefficient (Wildman–Crippen LogP) is 0.945. The molecule has 0 saturated carbocycles. The Morgan fingerprint density at radius 1 is 1.44 bits per heavy atom. The average molecular weight is 256 g/mol. The van der Waals surface area contributed by atoms with Gasteiger partial charge in [-0.3, -0.25) is 9.59 Å². The molecule has 1 atom stereocenters. The van der Waals surface area contributed by atoms with Crippen molar-refractivity contribution in [3.63, 3.8) is 0 Å². The summed E-state index contributed by atoms with van der Waals surface area (Å²) >= 11 is 0. The second kappa shape index (κ2) is 6.18. The van der Waals surface area contributed by atoms with Gasteiger partial charge >= 0.3 is 5.97 Å². The number of likely N-dealkylation sites (N-methyl/N-ethyl adjacent to an activating group) is 1. The van der Waals surface area contributed by atoms with Gasteiger partial charge in [0.05, 0.1) is 0 Å². The van der Waals surface area contributed by atoms with Gasteiger partial charge in [-0.2, -0.15) is 0 Å². The molecule has 0 aromatic rings. The van der Waals surface area contributed by atoms with Crippen LogP contribution in [-0.4, -0.2) is 48.1 Å². The number of hydrogen-bond donors (Lipinski definition) is 2. The third kappa shape index (κ3) is 3.45. The Morgan fingerprint density at radius 2 is 2.11 bits per heavy atom. The van der Waals surface area contributed by atoms with E-state index in [9.17, 15) is 9.59 Å². The van der Waals surface area contributed by atoms with Crippen LogP contribution in [-0.2, 0) is 9.59 Å². The first kappa shape index (κ1) is 15.0. The second-order valence-electron chi connectivity index (χ2n) is 5.48. The Labute approximate surface area is 109 Å². The molecular weight excluding hydrogens is 232 g/mol. The maximum Gasteiger partial charge on any atom is 0.323 e. The Hall–Kier alpha value is -1.10. The van der Waals surface area contributed by atoms with E-state index in [1.165, 1.54) is 4.90 Å². The largest absolute Gasteiger partial charge is 0.480 e. The van der Waals surface area contributed by atoms with Crippen LogP contribution in [0.4, 0.5) is 0 Å². The molecule has 0 radical (unpaired) electrons. The van der Waals surface area contributed by atoms with Crippen LogP contribution in [0.25, 0.3) is 0 Å². The Kier molecular flexibility index (Phi) is 5.14. The zero-order chi connectivity index (χ0) is 13.8. The molecule has 1 aliphatic heterocycles. The molecule has 1 amide bonds. The van der Waals surface area contributed by atoms with Crippen molar-refractivity contribution in [3.8, 4) is 0 Å². The van der Waals surface area contributed by atoms with Gasteiger partial charge in [0.15, 0.2) is 0 Å². The van der Waals surface area contributed by atoms with Crippen LogP contribution in [0, 0.1) is 11.3 Å². The van der Waals surface area contributed by atoms with Crippen LogP contribution in [0.3, 0.4) is 0 Å². The highest BCUT2D eigenvalue weighted by molar-refractivity contribution is 5.85. The van der Waals surface area contributed by atoms with Gasteiger partial charge in [-0.1, -0.05) is 13.8 Å². The van der Waals surface area contributed by atoms with Gasteiger partial charge in [-0.05, 0) is 38.8 Å². The van der Waals surface area contributed by atoms with Crippen LogP contribution < -0.4 is 5.32 Å². The highest BCUT2D eigenvalue weighted by atomic mass is 16.4. The van der Waals surface area contributed by atoms with Crippen molar-refractivity contribution in [1.82, 2.24) is 10.2 Å². The molecule has 18 heavy (non-hydrogen) atoms. The van der Waals surface area contributed by atoms with Gasteiger partial charge in [0.25, 0.3) is 0 Å². The van der Waals surface area contributed by atoms with E-state index < -0.39 is 11.4 Å². The Bertz CT molecular complexity index is 309. The van der Waals surface area contributed by atoms with Crippen molar-refractivity contribution < 1.29 is 14.7 Å². The summed E-state index contributed by atoms with van der Waals surface area (Å²) in [5, 5.41) is 12.1. The van der Waals surface area contributed by atoms with E-state index in [0.717, 1.165) is 25.9 Å². The molecule has 1 saturated heterocycles. The first-order valence-corrected chi connectivity index (χ1v) is 6.61. The summed E-state index contributed by atoms with van der Waals surface area (Å²) in [6.45, 7) is 7.75. The molecule has 1 aliphatic rings. The molecule has 0 spiro atoms. The van der Waals surface area contributed by atoms with E-state index in [1.807, 2.05) is 20.8 Å². The molecular formula is C13H24N2O3. The minimum absolute atomic E-state index is 0.0545. The molecule has 0 bridgehead atoms. The summed E-state index contributed by atoms with van der Waals surface area (Å²) in [5.74, 6) is -0.731. The minimum atomic E-state index is -0.956. The molecule has 1 unspecified atom stereocenters. The van der Waals surface area contributed by atoms with Crippen LogP contribution in [0.1, 0.15) is 33.6 Å². The zero-order valence-corrected chi connectivity index (χ0v) is 11.5. The number of carbonyl (C=O) groups excluding carboxylic acids is 1. The number of nitrogens with one attached hydrogen (secondary N) is 1. The number of amides is 1. The van der Waals surface area contributed by atoms with Crippen molar-refractivity contribution in [2.24, 2.45) is 11.3 Å². The molecule has 1 heterocycles. The third-order valence-electron chi connectivity index (χ3n) is 3.86. The Balaban J connectivity index is 2.74. The maximum atomic E-state index is 12.5. The lowest BCUT2D eigenvalue weighted by atomic mass is 9.74. The van der Waals surface area contributed by atoms with E-state index in [4.69, 9.17) is 5.11 Å². The van der Waals surface area contributed by atoms with Crippen LogP contribution in [0.2, 0.25) is 0 Å². The monoisotopic (exact) mass is 256 g/mol. The summed E-state index contributed by atoms with van der Waals surface area (Å²) in [6.07, 6.45) is 2.10. The number of hydrogen-bond acceptors (Lipinski definition) is 3. The lowest BCUT2D eigenvalue weighted by Gasteiger charge is -2.39. The van der Waals surface area contributed by atoms with Gasteiger partial charge in [0.1, 0.15) is 6.54 Å². The average Bonchev–Trinajstić information content (AvgIpc) is 2.36. The fraction of sp³-hybridized carbons (Fsp3) is 0.846. The van der Waals surface area contributed by atoms with Gasteiger partial charge in [0.2, 0.25) is 5.91 Å². The lowest BCUT2D eigenvalue weighted by Crippen LogP contribution is -2.50. The maximum absolute atomic E-state index is 12.5. The summed E-state index contributed by atoms with van der Waals surface area (Å²) in [7, 11) is 0. The van der Waals surface area contributed by atoms with Crippen molar-refractivity contribution in [1.29, 1.82) is 0 Å². The van der Waals surface area contributed by atoms with Gasteiger partial charge < -0.3 is 15.3 Å². The second-order valence-corrected chi connectivity index (χ2v) is 5.48. The SMILES string of the molecule is CCN(CC(=O)O)C(=O)C(C)(C)C1CCCNC1. The zero-order valence-electron chi connectivity index (χ0n) is 11.5. The lowest BCUT2D eigenvalue weighted by molar-refractivity contribution is -0.150. The number of carboxylic acids is 1. The number of piperidine rings is 1. The van der Waals surface area contributed by atoms with Gasteiger partial charge in [-0.25, -0.2) is 0 Å². The molecule has 2 N–H and O–H groups in total. The highest BCUT2D eigenvalue weighted by Crippen LogP contribution is 2.33. The molecule has 5 nitrogen and oxygen atoms in total. The normalized spacial score (nSPS) is 20.5. The van der Waals surface area contributed by atoms with E-state index in [1.54, 1.807) is 0 Å². The number of nitrogens with zero attached hydrogens (tertiary/aromatic N) is 1. The summed E-state index contributed by atoms with van der Waals surface area (Å²) < 4.78 is 0. The van der Waals surface area contributed by atoms with E-state index in [2.05, 4.69) is 5.32 Å². The standard InChI is InChI=1S/C13H24N2O3/c1-4-15(9-11(16)17)12(18)13(2,3)10-6-5-7-14-8-10/h10,14H,4-9H2,1-3H3,(H,16,17). The van der Waals surface area contributed by atoms with E-state index >= 15 is 0 Å². The topological polar surface area (TPSA) is 69.6 Å². The summed E-state index contributed by atoms with van der Waals surface area (Å²) in [6, 6.07) is 0. The number of aliphatic carboxylic acids is 1. The van der Waals surface area contributed by atoms with E-state index in [-0.39, 0.29) is 18.4 Å². The van der Waals surface area contributed by atoms with Crippen molar-refractivity contribution >= 4 is 11.9 Å². The van der Waals surface area contributed by atoms with Gasteiger partial charge in [-0.15, -0.1) is 0 Å². The highest BCUT2D eigenvalue weighted by Gasteiger charge is 2.39. The van der Waals surface area contributed by atoms with Crippen LogP contribution in [0.5, 0.6) is 0 Å². The summed E-state index contributed by atoms with van der Waals surface area (Å²) in [4.78, 5) is 24.7. The fourth-order valence-electron chi connectivity index (χ4n) is 2.54. The molecule has 5 heteroatoms. The molecule has 1 fully saturated rings. The van der Waals surface area contributed by atoms with Crippen LogP contribution in [0.15, 0.2) is 0 Å². The minimum Gasteiger partial charge on any atom is -0.480 e. The first-order chi connectivity index (χ1) is 8.39. The molecule has 0 aliphatic carbocycles. The Morgan fingerprint density at radius 3 is 2.56 bits per heavy atom. The molecule has 1 rings (SSSR count). The number of rotatable bonds is 5. The van der Waals surface area contributed by atoms with Crippen LogP contribution >= 0.6 is 0 Å². The van der Waals surface area contributed by atoms with E-state index in [0.29, 0.717) is 6.54 Å².